The molecule has 0 saturated carbocycles. The van der Waals surface area contributed by atoms with E-state index in [-0.39, 0.29) is 4.31 Å². The minimum atomic E-state index is -4.10. The monoisotopic (exact) mass is 153 g/mol. The van der Waals surface area contributed by atoms with Crippen molar-refractivity contribution in [3.8, 4) is 0 Å². The molecule has 5 heteroatoms. The fourth-order valence-electron chi connectivity index (χ4n) is 0.604. The third kappa shape index (κ3) is 2.78. The van der Waals surface area contributed by atoms with Crippen LogP contribution in [0.1, 0.15) is 13.8 Å². The van der Waals surface area contributed by atoms with Crippen LogP contribution in [0.2, 0.25) is 0 Å². The van der Waals surface area contributed by atoms with Crippen molar-refractivity contribution in [2.75, 3.05) is 13.1 Å². The van der Waals surface area contributed by atoms with Gasteiger partial charge in [0.05, 0.1) is 13.1 Å². The quantitative estimate of drug-likeness (QED) is 0.495. The van der Waals surface area contributed by atoms with E-state index in [9.17, 15) is 13.0 Å². The number of hydrogen-bond acceptors (Lipinski definition) is 3. The highest BCUT2D eigenvalue weighted by Gasteiger charge is 2.08. The Bertz CT molecular complexity index is 159. The largest absolute Gasteiger partial charge is 0.702 e. The van der Waals surface area contributed by atoms with E-state index in [1.807, 2.05) is 0 Å². The third-order valence-electron chi connectivity index (χ3n) is 1.14. The van der Waals surface area contributed by atoms with Crippen molar-refractivity contribution in [1.29, 1.82) is 0 Å². The Labute approximate surface area is 55.4 Å². The van der Waals surface area contributed by atoms with Gasteiger partial charge in [0.1, 0.15) is 0 Å². The van der Waals surface area contributed by atoms with Crippen LogP contribution in [0.15, 0.2) is 0 Å². The lowest BCUT2D eigenvalue weighted by Crippen LogP contribution is -3.13. The first-order valence-corrected chi connectivity index (χ1v) is 4.23. The van der Waals surface area contributed by atoms with Crippen molar-refractivity contribution >= 4 is 10.3 Å². The molecule has 0 aliphatic carbocycles. The summed E-state index contributed by atoms with van der Waals surface area (Å²) in [5, 5.41) is 0. The van der Waals surface area contributed by atoms with Gasteiger partial charge in [-0.25, -0.2) is 4.31 Å². The molecule has 4 nitrogen and oxygen atoms in total. The predicted molar refractivity (Wildman–Crippen MR) is 31.7 cm³/mol. The SMILES string of the molecule is CC[NH+](CC)S(=O)(=O)[O-]. The second-order valence-electron chi connectivity index (χ2n) is 1.70. The predicted octanol–water partition coefficient (Wildman–Crippen LogP) is -1.63. The van der Waals surface area contributed by atoms with Gasteiger partial charge in [0.15, 0.2) is 0 Å². The van der Waals surface area contributed by atoms with Gasteiger partial charge in [0, 0.05) is 0 Å². The van der Waals surface area contributed by atoms with Gasteiger partial charge in [-0.15, -0.1) is 0 Å². The van der Waals surface area contributed by atoms with E-state index in [0.29, 0.717) is 13.1 Å². The summed E-state index contributed by atoms with van der Waals surface area (Å²) in [5.74, 6) is 0. The molecule has 0 fully saturated rings. The number of quaternary nitrogens is 1. The molecular formula is C4H11NO3S. The molecule has 0 spiro atoms. The van der Waals surface area contributed by atoms with Gasteiger partial charge in [-0.05, 0) is 13.8 Å². The Kier molecular flexibility index (Phi) is 3.10. The fraction of sp³-hybridized carbons (Fsp3) is 1.00. The van der Waals surface area contributed by atoms with Crippen LogP contribution >= 0.6 is 0 Å². The molecule has 0 bridgehead atoms. The van der Waals surface area contributed by atoms with E-state index in [1.54, 1.807) is 13.8 Å². The molecule has 0 radical (unpaired) electrons. The molecule has 0 heterocycles. The zero-order chi connectivity index (χ0) is 7.49. The molecule has 0 unspecified atom stereocenters. The maximum absolute atomic E-state index is 10.2. The molecule has 1 N–H and O–H groups in total. The molecule has 0 amide bonds. The highest BCUT2D eigenvalue weighted by molar-refractivity contribution is 7.79. The van der Waals surface area contributed by atoms with Crippen molar-refractivity contribution in [1.82, 2.24) is 0 Å². The van der Waals surface area contributed by atoms with Crippen molar-refractivity contribution in [2.45, 2.75) is 13.8 Å². The zero-order valence-electron chi connectivity index (χ0n) is 5.55. The van der Waals surface area contributed by atoms with Crippen LogP contribution in [0, 0.1) is 0 Å². The Hall–Kier alpha value is -0.130. The summed E-state index contributed by atoms with van der Waals surface area (Å²) in [7, 11) is -4.10. The van der Waals surface area contributed by atoms with Crippen LogP contribution in [0.3, 0.4) is 0 Å². The van der Waals surface area contributed by atoms with E-state index in [1.165, 1.54) is 0 Å². The summed E-state index contributed by atoms with van der Waals surface area (Å²) in [6.45, 7) is 3.99. The van der Waals surface area contributed by atoms with E-state index < -0.39 is 10.3 Å². The minimum Gasteiger partial charge on any atom is -0.702 e. The Balaban J connectivity index is 4.14. The average Bonchev–Trinajstić information content (AvgIpc) is 1.65. The van der Waals surface area contributed by atoms with Crippen molar-refractivity contribution < 1.29 is 17.3 Å². The summed E-state index contributed by atoms with van der Waals surface area (Å²) in [6, 6.07) is 0. The summed E-state index contributed by atoms with van der Waals surface area (Å²) >= 11 is 0. The smallest absolute Gasteiger partial charge is 0.252 e. The topological polar surface area (TPSA) is 61.6 Å². The molecule has 0 aromatic carbocycles. The fourth-order valence-corrected chi connectivity index (χ4v) is 1.31. The van der Waals surface area contributed by atoms with Gasteiger partial charge < -0.3 is 4.55 Å². The highest BCUT2D eigenvalue weighted by atomic mass is 32.2. The molecule has 0 aromatic heterocycles. The molecule has 9 heavy (non-hydrogen) atoms. The summed E-state index contributed by atoms with van der Waals surface area (Å²) < 4.78 is 30.7. The molecule has 0 aliphatic rings. The van der Waals surface area contributed by atoms with Gasteiger partial charge >= 0.3 is 0 Å². The normalized spacial score (nSPS) is 12.4. The number of rotatable bonds is 3. The molecule has 0 saturated heterocycles. The van der Waals surface area contributed by atoms with Gasteiger partial charge in [-0.3, -0.25) is 0 Å². The van der Waals surface area contributed by atoms with E-state index in [4.69, 9.17) is 0 Å². The summed E-state index contributed by atoms with van der Waals surface area (Å²) in [5.41, 5.74) is 0. The van der Waals surface area contributed by atoms with Gasteiger partial charge in [0.25, 0.3) is 10.3 Å². The van der Waals surface area contributed by atoms with Crippen LogP contribution in [-0.4, -0.2) is 26.1 Å². The van der Waals surface area contributed by atoms with E-state index in [0.717, 1.165) is 0 Å². The lowest BCUT2D eigenvalue weighted by atomic mass is 10.7. The van der Waals surface area contributed by atoms with Crippen LogP contribution in [-0.2, 0) is 10.3 Å². The van der Waals surface area contributed by atoms with Crippen LogP contribution < -0.4 is 4.31 Å². The highest BCUT2D eigenvalue weighted by Crippen LogP contribution is 1.60. The molecule has 0 atom stereocenters. The maximum atomic E-state index is 10.2. The van der Waals surface area contributed by atoms with Crippen molar-refractivity contribution in [3.05, 3.63) is 0 Å². The zero-order valence-corrected chi connectivity index (χ0v) is 6.36. The molecule has 0 aliphatic heterocycles. The molecular weight excluding hydrogens is 142 g/mol. The first kappa shape index (κ1) is 8.87. The molecule has 0 rings (SSSR count). The second kappa shape index (κ2) is 3.14. The standard InChI is InChI=1S/C4H11NO3S/c1-3-5(4-2)9(6,7)8/h3-4H2,1-2H3,(H,6,7,8). The second-order valence-corrected chi connectivity index (χ2v) is 3.19. The van der Waals surface area contributed by atoms with Crippen molar-refractivity contribution in [2.24, 2.45) is 0 Å². The lowest BCUT2D eigenvalue weighted by Gasteiger charge is -2.17. The van der Waals surface area contributed by atoms with Gasteiger partial charge in [0.2, 0.25) is 0 Å². The minimum absolute atomic E-state index is 0.0856. The summed E-state index contributed by atoms with van der Waals surface area (Å²) in [4.78, 5) is 0. The van der Waals surface area contributed by atoms with Gasteiger partial charge in [-0.2, -0.15) is 8.42 Å². The van der Waals surface area contributed by atoms with E-state index >= 15 is 0 Å². The van der Waals surface area contributed by atoms with Gasteiger partial charge in [-0.1, -0.05) is 0 Å². The van der Waals surface area contributed by atoms with Crippen LogP contribution in [0.4, 0.5) is 0 Å². The number of hydrogen-bond donors (Lipinski definition) is 1. The Morgan fingerprint density at radius 1 is 1.33 bits per heavy atom. The average molecular weight is 153 g/mol. The van der Waals surface area contributed by atoms with E-state index in [2.05, 4.69) is 0 Å². The van der Waals surface area contributed by atoms with Crippen LogP contribution in [0.25, 0.3) is 0 Å². The maximum Gasteiger partial charge on any atom is 0.252 e. The first-order valence-electron chi connectivity index (χ1n) is 2.83. The Morgan fingerprint density at radius 3 is 1.67 bits per heavy atom. The first-order chi connectivity index (χ1) is 4.02. The van der Waals surface area contributed by atoms with Crippen LogP contribution in [0.5, 0.6) is 0 Å². The molecule has 56 valence electrons. The Morgan fingerprint density at radius 2 is 1.67 bits per heavy atom. The van der Waals surface area contributed by atoms with Crippen molar-refractivity contribution in [3.63, 3.8) is 0 Å². The third-order valence-corrected chi connectivity index (χ3v) is 2.43. The molecule has 0 aromatic rings. The summed E-state index contributed by atoms with van der Waals surface area (Å²) in [6.07, 6.45) is 0. The number of nitrogens with one attached hydrogen (secondary N) is 1. The lowest BCUT2D eigenvalue weighted by molar-refractivity contribution is -0.767.